The fourth-order valence-electron chi connectivity index (χ4n) is 0.772. The fraction of sp³-hybridized carbons (Fsp3) is 0.143. The molecule has 1 heterocycles. The van der Waals surface area contributed by atoms with E-state index in [0.29, 0.717) is 0 Å². The molecular formula is C7H2Cl3F2NO. The van der Waals surface area contributed by atoms with E-state index in [1.807, 2.05) is 0 Å². The van der Waals surface area contributed by atoms with E-state index in [1.165, 1.54) is 0 Å². The first-order valence-corrected chi connectivity index (χ1v) is 4.40. The van der Waals surface area contributed by atoms with Gasteiger partial charge in [-0.2, -0.15) is 0 Å². The normalized spacial score (nSPS) is 10.7. The Hall–Kier alpha value is -0.450. The van der Waals surface area contributed by atoms with Crippen LogP contribution in [0.1, 0.15) is 22.5 Å². The fourth-order valence-corrected chi connectivity index (χ4v) is 1.35. The minimum atomic E-state index is -2.83. The van der Waals surface area contributed by atoms with Gasteiger partial charge in [0, 0.05) is 0 Å². The molecule has 1 rings (SSSR count). The van der Waals surface area contributed by atoms with Crippen molar-refractivity contribution in [1.29, 1.82) is 0 Å². The SMILES string of the molecule is O=C(Cl)c1cc(C(F)F)nc(Cl)c1Cl. The molecule has 0 fully saturated rings. The number of nitrogens with zero attached hydrogens (tertiary/aromatic N) is 1. The van der Waals surface area contributed by atoms with Crippen LogP contribution >= 0.6 is 34.8 Å². The molecule has 0 amide bonds. The Kier molecular flexibility index (Phi) is 3.64. The molecule has 2 nitrogen and oxygen atoms in total. The van der Waals surface area contributed by atoms with Gasteiger partial charge < -0.3 is 0 Å². The van der Waals surface area contributed by atoms with Crippen LogP contribution in [0.5, 0.6) is 0 Å². The summed E-state index contributed by atoms with van der Waals surface area (Å²) >= 11 is 16.0. The smallest absolute Gasteiger partial charge is 0.276 e. The highest BCUT2D eigenvalue weighted by molar-refractivity contribution is 6.69. The predicted molar refractivity (Wildman–Crippen MR) is 49.4 cm³/mol. The predicted octanol–water partition coefficient (Wildman–Crippen LogP) is 3.71. The van der Waals surface area contributed by atoms with Crippen molar-refractivity contribution in [3.05, 3.63) is 27.5 Å². The lowest BCUT2D eigenvalue weighted by molar-refractivity contribution is 0.108. The van der Waals surface area contributed by atoms with Crippen molar-refractivity contribution in [2.24, 2.45) is 0 Å². The van der Waals surface area contributed by atoms with Gasteiger partial charge in [0.05, 0.1) is 10.6 Å². The zero-order valence-electron chi connectivity index (χ0n) is 6.40. The number of carbonyl (C=O) groups excluding carboxylic acids is 1. The summed E-state index contributed by atoms with van der Waals surface area (Å²) in [5, 5.41) is -1.55. The molecule has 0 aromatic carbocycles. The summed E-state index contributed by atoms with van der Waals surface area (Å²) in [6, 6.07) is 0.814. The second kappa shape index (κ2) is 4.38. The standard InChI is InChI=1S/C7H2Cl3F2NO/c8-4-2(6(10)14)1-3(7(11)12)13-5(4)9/h1,7H. The number of alkyl halides is 2. The first kappa shape index (κ1) is 11.6. The summed E-state index contributed by atoms with van der Waals surface area (Å²) in [5.41, 5.74) is -0.910. The Morgan fingerprint density at radius 3 is 2.43 bits per heavy atom. The molecule has 76 valence electrons. The van der Waals surface area contributed by atoms with Crippen LogP contribution in [0.15, 0.2) is 6.07 Å². The molecule has 0 saturated heterocycles. The number of rotatable bonds is 2. The third kappa shape index (κ3) is 2.32. The number of hydrogen-bond acceptors (Lipinski definition) is 2. The van der Waals surface area contributed by atoms with Gasteiger partial charge in [-0.05, 0) is 17.7 Å². The third-order valence-corrected chi connectivity index (χ3v) is 2.33. The van der Waals surface area contributed by atoms with Crippen molar-refractivity contribution < 1.29 is 13.6 Å². The second-order valence-electron chi connectivity index (χ2n) is 2.27. The zero-order valence-corrected chi connectivity index (χ0v) is 8.67. The molecule has 1 aromatic heterocycles. The summed E-state index contributed by atoms with van der Waals surface area (Å²) < 4.78 is 24.4. The van der Waals surface area contributed by atoms with Crippen molar-refractivity contribution in [3.63, 3.8) is 0 Å². The van der Waals surface area contributed by atoms with E-state index in [2.05, 4.69) is 4.98 Å². The highest BCUT2D eigenvalue weighted by atomic mass is 35.5. The van der Waals surface area contributed by atoms with Crippen LogP contribution in [0.3, 0.4) is 0 Å². The maximum Gasteiger partial charge on any atom is 0.280 e. The number of pyridine rings is 1. The lowest BCUT2D eigenvalue weighted by atomic mass is 10.2. The van der Waals surface area contributed by atoms with Crippen LogP contribution in [-0.2, 0) is 0 Å². The second-order valence-corrected chi connectivity index (χ2v) is 3.35. The Balaban J connectivity index is 3.35. The first-order chi connectivity index (χ1) is 6.43. The number of hydrogen-bond donors (Lipinski definition) is 0. The zero-order chi connectivity index (χ0) is 10.9. The molecule has 0 unspecified atom stereocenters. The summed E-state index contributed by atoms with van der Waals surface area (Å²) in [7, 11) is 0. The van der Waals surface area contributed by atoms with Gasteiger partial charge in [0.1, 0.15) is 10.8 Å². The molecule has 0 bridgehead atoms. The monoisotopic (exact) mass is 259 g/mol. The minimum Gasteiger partial charge on any atom is -0.276 e. The average Bonchev–Trinajstić information content (AvgIpc) is 2.08. The Labute approximate surface area is 92.8 Å². The van der Waals surface area contributed by atoms with Crippen molar-refractivity contribution in [2.75, 3.05) is 0 Å². The maximum atomic E-state index is 12.2. The summed E-state index contributed by atoms with van der Waals surface area (Å²) in [4.78, 5) is 14.0. The molecule has 0 aliphatic heterocycles. The van der Waals surface area contributed by atoms with Gasteiger partial charge in [-0.3, -0.25) is 4.79 Å². The topological polar surface area (TPSA) is 30.0 Å². The van der Waals surface area contributed by atoms with Crippen LogP contribution in [0.2, 0.25) is 10.2 Å². The molecule has 7 heteroatoms. The van der Waals surface area contributed by atoms with E-state index in [4.69, 9.17) is 34.8 Å². The lowest BCUT2D eigenvalue weighted by Crippen LogP contribution is -1.98. The van der Waals surface area contributed by atoms with Gasteiger partial charge in [-0.15, -0.1) is 0 Å². The number of halogens is 5. The molecule has 0 N–H and O–H groups in total. The number of aromatic nitrogens is 1. The molecule has 0 aliphatic carbocycles. The average molecular weight is 260 g/mol. The van der Waals surface area contributed by atoms with Crippen LogP contribution in [0.25, 0.3) is 0 Å². The highest BCUT2D eigenvalue weighted by Crippen LogP contribution is 2.29. The van der Waals surface area contributed by atoms with Crippen molar-refractivity contribution in [1.82, 2.24) is 4.98 Å². The van der Waals surface area contributed by atoms with E-state index < -0.39 is 17.4 Å². The Morgan fingerprint density at radius 1 is 1.43 bits per heavy atom. The van der Waals surface area contributed by atoms with Crippen LogP contribution < -0.4 is 0 Å². The summed E-state index contributed by atoms with van der Waals surface area (Å²) in [5.74, 6) is 0. The van der Waals surface area contributed by atoms with Crippen LogP contribution in [-0.4, -0.2) is 10.2 Å². The lowest BCUT2D eigenvalue weighted by Gasteiger charge is -2.04. The molecule has 0 radical (unpaired) electrons. The van der Waals surface area contributed by atoms with Crippen molar-refractivity contribution in [2.45, 2.75) is 6.43 Å². The van der Waals surface area contributed by atoms with Crippen molar-refractivity contribution >= 4 is 40.0 Å². The van der Waals surface area contributed by atoms with Gasteiger partial charge in [0.25, 0.3) is 11.7 Å². The Morgan fingerprint density at radius 2 is 2.00 bits per heavy atom. The summed E-state index contributed by atoms with van der Waals surface area (Å²) in [6.07, 6.45) is -2.83. The first-order valence-electron chi connectivity index (χ1n) is 3.27. The molecule has 0 atom stereocenters. The van der Waals surface area contributed by atoms with Gasteiger partial charge >= 0.3 is 0 Å². The molecule has 0 spiro atoms. The van der Waals surface area contributed by atoms with E-state index in [0.717, 1.165) is 6.07 Å². The van der Waals surface area contributed by atoms with E-state index in [1.54, 1.807) is 0 Å². The van der Waals surface area contributed by atoms with Gasteiger partial charge in [-0.1, -0.05) is 23.2 Å². The minimum absolute atomic E-state index is 0.226. The van der Waals surface area contributed by atoms with Crippen molar-refractivity contribution in [3.8, 4) is 0 Å². The van der Waals surface area contributed by atoms with Gasteiger partial charge in [0.15, 0.2) is 0 Å². The largest absolute Gasteiger partial charge is 0.280 e. The maximum absolute atomic E-state index is 12.2. The Bertz CT molecular complexity index is 383. The van der Waals surface area contributed by atoms with E-state index >= 15 is 0 Å². The van der Waals surface area contributed by atoms with Crippen LogP contribution in [0.4, 0.5) is 8.78 Å². The van der Waals surface area contributed by atoms with E-state index in [-0.39, 0.29) is 15.7 Å². The van der Waals surface area contributed by atoms with Crippen LogP contribution in [0, 0.1) is 0 Å². The molecule has 0 aliphatic rings. The third-order valence-electron chi connectivity index (χ3n) is 1.37. The van der Waals surface area contributed by atoms with E-state index in [9.17, 15) is 13.6 Å². The highest BCUT2D eigenvalue weighted by Gasteiger charge is 2.18. The van der Waals surface area contributed by atoms with Gasteiger partial charge in [0.2, 0.25) is 0 Å². The molecule has 14 heavy (non-hydrogen) atoms. The molecule has 1 aromatic rings. The molecular weight excluding hydrogens is 258 g/mol. The quantitative estimate of drug-likeness (QED) is 0.599. The molecule has 0 saturated carbocycles. The number of carbonyl (C=O) groups is 1. The van der Waals surface area contributed by atoms with Gasteiger partial charge in [-0.25, -0.2) is 13.8 Å². The summed E-state index contributed by atoms with van der Waals surface area (Å²) in [6.45, 7) is 0.